The molecule has 144 valence electrons. The molecule has 3 aromatic carbocycles. The van der Waals surface area contributed by atoms with Crippen LogP contribution in [-0.4, -0.2) is 18.8 Å². The zero-order valence-electron chi connectivity index (χ0n) is 15.6. The zero-order chi connectivity index (χ0) is 19.5. The number of hydrogen-bond donors (Lipinski definition) is 1. The number of hydrogen-bond acceptors (Lipinski definition) is 4. The van der Waals surface area contributed by atoms with Gasteiger partial charge in [-0.2, -0.15) is 0 Å². The molecule has 0 radical (unpaired) electrons. The number of benzene rings is 3. The van der Waals surface area contributed by atoms with Crippen molar-refractivity contribution in [1.82, 2.24) is 0 Å². The smallest absolute Gasteiger partial charge is 0.127 e. The number of phenols is 1. The van der Waals surface area contributed by atoms with E-state index >= 15 is 0 Å². The predicted octanol–water partition coefficient (Wildman–Crippen LogP) is 5.78. The maximum absolute atomic E-state index is 14.4. The molecule has 3 aromatic rings. The predicted molar refractivity (Wildman–Crippen MR) is 112 cm³/mol. The van der Waals surface area contributed by atoms with Gasteiger partial charge < -0.3 is 14.7 Å². The van der Waals surface area contributed by atoms with E-state index in [9.17, 15) is 9.50 Å². The number of phenolic OH excluding ortho intramolecular Hbond substituents is 1. The van der Waals surface area contributed by atoms with E-state index in [0.29, 0.717) is 12.3 Å². The molecule has 3 nitrogen and oxygen atoms in total. The van der Waals surface area contributed by atoms with Crippen LogP contribution < -0.4 is 9.64 Å². The highest BCUT2D eigenvalue weighted by atomic mass is 32.2. The number of fused-ring (bicyclic) bond motifs is 1. The number of ether oxygens (including phenoxy) is 1. The third-order valence-electron chi connectivity index (χ3n) is 5.04. The van der Waals surface area contributed by atoms with Crippen LogP contribution >= 0.6 is 11.8 Å². The zero-order valence-corrected chi connectivity index (χ0v) is 16.5. The summed E-state index contributed by atoms with van der Waals surface area (Å²) in [6.07, 6.45) is 0.802. The highest BCUT2D eigenvalue weighted by Gasteiger charge is 2.26. The summed E-state index contributed by atoms with van der Waals surface area (Å²) >= 11 is 1.67. The molecule has 0 saturated heterocycles. The van der Waals surface area contributed by atoms with Crippen molar-refractivity contribution in [3.63, 3.8) is 0 Å². The van der Waals surface area contributed by atoms with Gasteiger partial charge in [-0.25, -0.2) is 4.39 Å². The average Bonchev–Trinajstić information content (AvgIpc) is 2.89. The Balaban J connectivity index is 1.71. The first-order chi connectivity index (χ1) is 13.7. The van der Waals surface area contributed by atoms with E-state index < -0.39 is 0 Å². The van der Waals surface area contributed by atoms with Crippen LogP contribution in [0.15, 0.2) is 71.6 Å². The fourth-order valence-corrected chi connectivity index (χ4v) is 4.90. The van der Waals surface area contributed by atoms with E-state index in [1.54, 1.807) is 31.0 Å². The molecular weight excluding hydrogens is 373 g/mol. The minimum Gasteiger partial charge on any atom is -0.508 e. The van der Waals surface area contributed by atoms with Crippen molar-refractivity contribution < 1.29 is 14.2 Å². The van der Waals surface area contributed by atoms with Gasteiger partial charge in [0.15, 0.2) is 0 Å². The Morgan fingerprint density at radius 2 is 1.89 bits per heavy atom. The van der Waals surface area contributed by atoms with Gasteiger partial charge in [0.1, 0.15) is 17.3 Å². The normalized spacial score (nSPS) is 16.4. The van der Waals surface area contributed by atoms with Crippen molar-refractivity contribution in [2.75, 3.05) is 18.6 Å². The molecule has 0 aliphatic carbocycles. The van der Waals surface area contributed by atoms with Gasteiger partial charge in [0.2, 0.25) is 0 Å². The third-order valence-corrected chi connectivity index (χ3v) is 6.40. The summed E-state index contributed by atoms with van der Waals surface area (Å²) in [5, 5.41) is 10.2. The average molecular weight is 395 g/mol. The quantitative estimate of drug-likeness (QED) is 0.607. The summed E-state index contributed by atoms with van der Waals surface area (Å²) in [6.45, 7) is 1.36. The summed E-state index contributed by atoms with van der Waals surface area (Å²) in [7, 11) is 1.65. The van der Waals surface area contributed by atoms with Crippen molar-refractivity contribution in [2.24, 2.45) is 0 Å². The molecule has 0 aromatic heterocycles. The van der Waals surface area contributed by atoms with Crippen LogP contribution in [0.3, 0.4) is 0 Å². The van der Waals surface area contributed by atoms with Gasteiger partial charge in [-0.15, -0.1) is 11.8 Å². The Bertz CT molecular complexity index is 978. The van der Waals surface area contributed by atoms with Crippen LogP contribution in [0.5, 0.6) is 11.5 Å². The Hall–Kier alpha value is -2.66. The van der Waals surface area contributed by atoms with E-state index in [1.807, 2.05) is 48.5 Å². The van der Waals surface area contributed by atoms with Crippen molar-refractivity contribution in [1.29, 1.82) is 0 Å². The van der Waals surface area contributed by atoms with Crippen LogP contribution in [-0.2, 0) is 6.54 Å². The lowest BCUT2D eigenvalue weighted by Gasteiger charge is -2.25. The maximum atomic E-state index is 14.4. The largest absolute Gasteiger partial charge is 0.508 e. The molecule has 0 fully saturated rings. The van der Waals surface area contributed by atoms with E-state index in [2.05, 4.69) is 4.90 Å². The maximum Gasteiger partial charge on any atom is 0.127 e. The van der Waals surface area contributed by atoms with Crippen molar-refractivity contribution in [3.8, 4) is 11.5 Å². The molecule has 1 aliphatic rings. The minimum absolute atomic E-state index is 0.0152. The summed E-state index contributed by atoms with van der Waals surface area (Å²) in [5.41, 5.74) is 2.68. The van der Waals surface area contributed by atoms with Crippen molar-refractivity contribution >= 4 is 17.4 Å². The van der Waals surface area contributed by atoms with Gasteiger partial charge >= 0.3 is 0 Å². The molecule has 0 amide bonds. The highest BCUT2D eigenvalue weighted by Crippen LogP contribution is 2.47. The van der Waals surface area contributed by atoms with E-state index in [0.717, 1.165) is 40.4 Å². The van der Waals surface area contributed by atoms with Crippen LogP contribution in [0.1, 0.15) is 22.8 Å². The number of nitrogens with zero attached hydrogens (tertiary/aromatic N) is 1. The first-order valence-electron chi connectivity index (χ1n) is 9.26. The van der Waals surface area contributed by atoms with Crippen LogP contribution in [0, 0.1) is 5.82 Å². The number of anilines is 1. The lowest BCUT2D eigenvalue weighted by molar-refractivity contribution is 0.413. The fourth-order valence-electron chi connectivity index (χ4n) is 3.55. The van der Waals surface area contributed by atoms with Crippen LogP contribution in [0.2, 0.25) is 0 Å². The number of rotatable bonds is 4. The van der Waals surface area contributed by atoms with Gasteiger partial charge in [0, 0.05) is 34.4 Å². The third kappa shape index (κ3) is 3.80. The summed E-state index contributed by atoms with van der Waals surface area (Å²) in [4.78, 5) is 3.30. The van der Waals surface area contributed by atoms with Gasteiger partial charge in [-0.3, -0.25) is 0 Å². The molecule has 4 rings (SSSR count). The van der Waals surface area contributed by atoms with Crippen molar-refractivity contribution in [3.05, 3.63) is 83.7 Å². The second-order valence-corrected chi connectivity index (χ2v) is 8.05. The van der Waals surface area contributed by atoms with E-state index in [1.165, 1.54) is 6.07 Å². The second kappa shape index (κ2) is 8.15. The fraction of sp³-hybridized carbons (Fsp3) is 0.217. The first kappa shape index (κ1) is 18.7. The lowest BCUT2D eigenvalue weighted by atomic mass is 10.1. The second-order valence-electron chi connectivity index (χ2n) is 6.80. The number of para-hydroxylation sites is 1. The molecule has 1 heterocycles. The van der Waals surface area contributed by atoms with Crippen LogP contribution in [0.25, 0.3) is 0 Å². The van der Waals surface area contributed by atoms with Gasteiger partial charge in [0.25, 0.3) is 0 Å². The summed E-state index contributed by atoms with van der Waals surface area (Å²) < 4.78 is 19.9. The molecule has 1 N–H and O–H groups in total. The van der Waals surface area contributed by atoms with E-state index in [-0.39, 0.29) is 11.1 Å². The van der Waals surface area contributed by atoms with E-state index in [4.69, 9.17) is 4.74 Å². The van der Waals surface area contributed by atoms with Gasteiger partial charge in [-0.05, 0) is 36.8 Å². The molecule has 1 atom stereocenters. The Morgan fingerprint density at radius 1 is 1.11 bits per heavy atom. The number of halogens is 1. The Labute approximate surface area is 168 Å². The number of methoxy groups -OCH3 is 1. The summed E-state index contributed by atoms with van der Waals surface area (Å²) in [5.74, 6) is 0.904. The minimum atomic E-state index is -0.168. The SMILES string of the molecule is COc1ccc2c(c1)S[C@H](c1ccccc1F)CCN2Cc1ccccc1O. The molecule has 0 unspecified atom stereocenters. The topological polar surface area (TPSA) is 32.7 Å². The molecule has 0 saturated carbocycles. The first-order valence-corrected chi connectivity index (χ1v) is 10.1. The Kier molecular flexibility index (Phi) is 5.44. The van der Waals surface area contributed by atoms with Crippen LogP contribution in [0.4, 0.5) is 10.1 Å². The molecule has 0 bridgehead atoms. The molecule has 28 heavy (non-hydrogen) atoms. The highest BCUT2D eigenvalue weighted by molar-refractivity contribution is 7.99. The number of thioether (sulfide) groups is 1. The van der Waals surface area contributed by atoms with Gasteiger partial charge in [-0.1, -0.05) is 36.4 Å². The standard InChI is InChI=1S/C23H22FNO2S/c1-27-17-10-11-20-23(14-17)28-22(18-7-3-4-8-19(18)24)12-13-25(20)15-16-6-2-5-9-21(16)26/h2-11,14,22,26H,12-13,15H2,1H3/t22-/m0/s1. The Morgan fingerprint density at radius 3 is 2.68 bits per heavy atom. The monoisotopic (exact) mass is 395 g/mol. The molecular formula is C23H22FNO2S. The molecule has 0 spiro atoms. The van der Waals surface area contributed by atoms with Gasteiger partial charge in [0.05, 0.1) is 12.8 Å². The molecule has 1 aliphatic heterocycles. The summed E-state index contributed by atoms with van der Waals surface area (Å²) in [6, 6.07) is 20.4. The lowest BCUT2D eigenvalue weighted by Crippen LogP contribution is -2.24. The molecule has 5 heteroatoms. The van der Waals surface area contributed by atoms with Crippen molar-refractivity contribution in [2.45, 2.75) is 23.1 Å². The number of aromatic hydroxyl groups is 1.